The van der Waals surface area contributed by atoms with Crippen molar-refractivity contribution in [1.29, 1.82) is 0 Å². The van der Waals surface area contributed by atoms with Gasteiger partial charge in [-0.15, -0.1) is 0 Å². The Balaban J connectivity index is 6.01. The molecule has 0 atom stereocenters. The predicted octanol–water partition coefficient (Wildman–Crippen LogP) is 15.2. The molecule has 0 saturated carbocycles. The van der Waals surface area contributed by atoms with Gasteiger partial charge in [-0.25, -0.2) is 0 Å². The van der Waals surface area contributed by atoms with Gasteiger partial charge in [-0.2, -0.15) is 0 Å². The molecule has 0 aromatic carbocycles. The Morgan fingerprint density at radius 2 is 0.729 bits per heavy atom. The summed E-state index contributed by atoms with van der Waals surface area (Å²) < 4.78 is 25.3. The van der Waals surface area contributed by atoms with E-state index < -0.39 is 40.8 Å². The van der Waals surface area contributed by atoms with Gasteiger partial charge in [-0.05, 0) is 0 Å². The summed E-state index contributed by atoms with van der Waals surface area (Å²) in [7, 11) is 0. The van der Waals surface area contributed by atoms with Crippen LogP contribution >= 0.6 is 0 Å². The van der Waals surface area contributed by atoms with Crippen molar-refractivity contribution in [2.24, 2.45) is 11.8 Å². The minimum absolute atomic E-state index is 0.0862. The van der Waals surface area contributed by atoms with Crippen molar-refractivity contribution in [1.82, 2.24) is 0 Å². The summed E-state index contributed by atoms with van der Waals surface area (Å²) in [5.74, 6) is 1.15. The van der Waals surface area contributed by atoms with E-state index in [0.29, 0.717) is 11.8 Å². The third kappa shape index (κ3) is 32.2. The zero-order valence-electron chi connectivity index (χ0n) is 34.5. The second-order valence-corrected chi connectivity index (χ2v) is 27.9. The number of rotatable bonds is 39. The Labute approximate surface area is 320 Å². The zero-order valence-corrected chi connectivity index (χ0v) is 40.2. The molecule has 0 saturated heterocycles. The Kier molecular flexibility index (Phi) is 38.0. The summed E-state index contributed by atoms with van der Waals surface area (Å²) in [6.07, 6.45) is 37.2. The first-order valence-corrected chi connectivity index (χ1v) is 31.5. The van der Waals surface area contributed by atoms with E-state index in [-0.39, 0.29) is 5.60 Å². The van der Waals surface area contributed by atoms with E-state index in [0.717, 1.165) is 13.2 Å². The van der Waals surface area contributed by atoms with Gasteiger partial charge >= 0.3 is 323 Å². The molecule has 0 aromatic heterocycles. The topological polar surface area (TPSA) is 27.7 Å². The summed E-state index contributed by atoms with van der Waals surface area (Å²) in [6, 6.07) is 0. The van der Waals surface area contributed by atoms with Gasteiger partial charge in [0.15, 0.2) is 0 Å². The van der Waals surface area contributed by atoms with Crippen LogP contribution in [0.2, 0.25) is 13.3 Å². The van der Waals surface area contributed by atoms with Gasteiger partial charge in [0, 0.05) is 0 Å². The third-order valence-electron chi connectivity index (χ3n) is 9.89. The molecule has 0 rings (SSSR count). The summed E-state index contributed by atoms with van der Waals surface area (Å²) in [5, 5.41) is 0. The van der Waals surface area contributed by atoms with Gasteiger partial charge in [0.05, 0.1) is 0 Å². The molecule has 0 aliphatic carbocycles. The molecular formula is C43H90O3Sn2. The standard InChI is InChI=1S/C19H38O.2C8H17.2C4H9O.2Sn/c1-4-7-9-11-13-15-17-19(20,6-3)18-16-14-12-10-8-5-2;2*1-3-5-7-8-6-4-2;2*1-4(2)3-5;;/h3-18H2,1-2H3;2*1,3-8H2,2H3;2*4H,3H2,1-2H3;;/q-1;;;2*-1;+1;+2. The van der Waals surface area contributed by atoms with E-state index in [9.17, 15) is 0 Å². The summed E-state index contributed by atoms with van der Waals surface area (Å²) >= 11 is -4.44. The zero-order chi connectivity index (χ0) is 35.6. The van der Waals surface area contributed by atoms with Crippen molar-refractivity contribution < 1.29 is 9.22 Å². The van der Waals surface area contributed by atoms with Gasteiger partial charge in [-0.1, -0.05) is 0 Å². The average molecular weight is 893 g/mol. The molecule has 3 nitrogen and oxygen atoms in total. The van der Waals surface area contributed by atoms with Crippen LogP contribution < -0.4 is 0 Å². The van der Waals surface area contributed by atoms with Crippen LogP contribution in [0, 0.1) is 11.8 Å². The summed E-state index contributed by atoms with van der Waals surface area (Å²) in [4.78, 5) is 0. The van der Waals surface area contributed by atoms with Gasteiger partial charge in [0.25, 0.3) is 0 Å². The molecule has 0 amide bonds. The van der Waals surface area contributed by atoms with Gasteiger partial charge in [-0.3, -0.25) is 0 Å². The first kappa shape index (κ1) is 49.5. The molecule has 5 heteroatoms. The fraction of sp³-hybridized carbons (Fsp3) is 1.00. The third-order valence-corrected chi connectivity index (χ3v) is 21.8. The van der Waals surface area contributed by atoms with E-state index in [2.05, 4.69) is 55.4 Å². The Morgan fingerprint density at radius 1 is 0.396 bits per heavy atom. The van der Waals surface area contributed by atoms with Crippen LogP contribution in [0.4, 0.5) is 0 Å². The molecule has 288 valence electrons. The normalized spacial score (nSPS) is 12.5. The van der Waals surface area contributed by atoms with E-state index >= 15 is 0 Å². The number of hydrogen-bond acceptors (Lipinski definition) is 3. The second kappa shape index (κ2) is 36.8. The molecule has 0 bridgehead atoms. The van der Waals surface area contributed by atoms with Crippen LogP contribution in [0.25, 0.3) is 0 Å². The van der Waals surface area contributed by atoms with Crippen LogP contribution in [-0.2, 0) is 9.22 Å². The SMILES string of the molecule is CCCCCCC[CH2][Sn]([CH2]CCCCCCC)[O]C(CCCCCCCC)(CCCCCCCC)C[CH2][Sn]([O]CC(C)C)[O]CC(C)C. The second-order valence-electron chi connectivity index (χ2n) is 16.2. The molecule has 0 unspecified atom stereocenters. The van der Waals surface area contributed by atoms with E-state index in [1.807, 2.05) is 0 Å². The summed E-state index contributed by atoms with van der Waals surface area (Å²) in [5.41, 5.74) is 0.0862. The summed E-state index contributed by atoms with van der Waals surface area (Å²) in [6.45, 7) is 20.2. The van der Waals surface area contributed by atoms with Gasteiger partial charge in [0.1, 0.15) is 0 Å². The van der Waals surface area contributed by atoms with E-state index in [1.54, 1.807) is 0 Å². The number of hydrogen-bond donors (Lipinski definition) is 0. The van der Waals surface area contributed by atoms with Crippen molar-refractivity contribution in [2.45, 2.75) is 248 Å². The predicted molar refractivity (Wildman–Crippen MR) is 219 cm³/mol. The van der Waals surface area contributed by atoms with E-state index in [1.165, 1.54) is 187 Å². The first-order chi connectivity index (χ1) is 23.3. The molecule has 0 aliphatic heterocycles. The van der Waals surface area contributed by atoms with Crippen LogP contribution in [0.3, 0.4) is 0 Å². The van der Waals surface area contributed by atoms with Crippen molar-refractivity contribution in [2.75, 3.05) is 13.2 Å². The first-order valence-electron chi connectivity index (χ1n) is 22.0. The quantitative estimate of drug-likeness (QED) is 0.0455. The van der Waals surface area contributed by atoms with Crippen molar-refractivity contribution in [3.8, 4) is 0 Å². The molecular weight excluding hydrogens is 802 g/mol. The maximum atomic E-state index is 7.87. The molecule has 0 fully saturated rings. The van der Waals surface area contributed by atoms with Crippen molar-refractivity contribution >= 4 is 40.8 Å². The van der Waals surface area contributed by atoms with Crippen LogP contribution in [0.15, 0.2) is 0 Å². The molecule has 0 aromatic rings. The monoisotopic (exact) mass is 894 g/mol. The minimum atomic E-state index is -2.42. The van der Waals surface area contributed by atoms with E-state index in [4.69, 9.17) is 9.22 Å². The van der Waals surface area contributed by atoms with Crippen LogP contribution in [0.5, 0.6) is 0 Å². The van der Waals surface area contributed by atoms with Crippen molar-refractivity contribution in [3.63, 3.8) is 0 Å². The molecule has 48 heavy (non-hydrogen) atoms. The maximum absolute atomic E-state index is 7.87. The van der Waals surface area contributed by atoms with Crippen molar-refractivity contribution in [3.05, 3.63) is 0 Å². The average Bonchev–Trinajstić information content (AvgIpc) is 3.06. The Hall–Kier alpha value is 1.48. The number of unbranched alkanes of at least 4 members (excludes halogenated alkanes) is 20. The fourth-order valence-electron chi connectivity index (χ4n) is 6.76. The Morgan fingerprint density at radius 3 is 1.08 bits per heavy atom. The molecule has 2 radical (unpaired) electrons. The molecule has 0 heterocycles. The molecule has 0 aliphatic rings. The van der Waals surface area contributed by atoms with Crippen LogP contribution in [-0.4, -0.2) is 59.6 Å². The van der Waals surface area contributed by atoms with Gasteiger partial charge < -0.3 is 0 Å². The fourth-order valence-corrected chi connectivity index (χ4v) is 20.3. The van der Waals surface area contributed by atoms with Crippen LogP contribution in [0.1, 0.15) is 229 Å². The molecule has 0 N–H and O–H groups in total. The molecule has 0 spiro atoms. The Bertz CT molecular complexity index is 585. The van der Waals surface area contributed by atoms with Gasteiger partial charge in [0.2, 0.25) is 0 Å².